The van der Waals surface area contributed by atoms with Crippen molar-refractivity contribution < 1.29 is 4.79 Å². The summed E-state index contributed by atoms with van der Waals surface area (Å²) in [5, 5.41) is 0.678. The number of benzene rings is 2. The van der Waals surface area contributed by atoms with Crippen LogP contribution in [-0.2, 0) is 6.54 Å². The van der Waals surface area contributed by atoms with E-state index in [1.165, 1.54) is 0 Å². The molecule has 2 aromatic rings. The molecule has 4 heteroatoms. The molecule has 2 rings (SSSR count). The van der Waals surface area contributed by atoms with Crippen LogP contribution in [0.3, 0.4) is 0 Å². The molecule has 0 bridgehead atoms. The Labute approximate surface area is 129 Å². The summed E-state index contributed by atoms with van der Waals surface area (Å²) < 4.78 is 0. The van der Waals surface area contributed by atoms with E-state index in [0.717, 1.165) is 16.0 Å². The number of amides is 1. The van der Waals surface area contributed by atoms with Gasteiger partial charge in [-0.05, 0) is 42.3 Å². The number of hydrogen-bond donors (Lipinski definition) is 1. The highest BCUT2D eigenvalue weighted by Crippen LogP contribution is 2.18. The molecule has 0 saturated carbocycles. The van der Waals surface area contributed by atoms with E-state index in [2.05, 4.69) is 12.6 Å². The SMILES string of the molecule is Cc1ccc(S)cc1C(=O)N(C)Cc1cccc(Cl)c1. The second-order valence-electron chi connectivity index (χ2n) is 4.79. The quantitative estimate of drug-likeness (QED) is 0.842. The Kier molecular flexibility index (Phi) is 4.73. The van der Waals surface area contributed by atoms with Gasteiger partial charge in [0, 0.05) is 29.1 Å². The van der Waals surface area contributed by atoms with Gasteiger partial charge in [0.05, 0.1) is 0 Å². The Morgan fingerprint density at radius 2 is 2.00 bits per heavy atom. The lowest BCUT2D eigenvalue weighted by Gasteiger charge is -2.19. The van der Waals surface area contributed by atoms with Crippen molar-refractivity contribution in [2.24, 2.45) is 0 Å². The van der Waals surface area contributed by atoms with Crippen molar-refractivity contribution >= 4 is 30.1 Å². The molecule has 2 aromatic carbocycles. The third-order valence-corrected chi connectivity index (χ3v) is 3.62. The number of carbonyl (C=O) groups excluding carboxylic acids is 1. The molecule has 0 atom stereocenters. The Morgan fingerprint density at radius 1 is 1.25 bits per heavy atom. The van der Waals surface area contributed by atoms with Crippen molar-refractivity contribution in [3.63, 3.8) is 0 Å². The van der Waals surface area contributed by atoms with Crippen LogP contribution in [0.15, 0.2) is 47.4 Å². The first kappa shape index (κ1) is 14.9. The molecule has 0 aromatic heterocycles. The smallest absolute Gasteiger partial charge is 0.254 e. The molecule has 0 N–H and O–H groups in total. The van der Waals surface area contributed by atoms with Crippen LogP contribution < -0.4 is 0 Å². The van der Waals surface area contributed by atoms with Gasteiger partial charge in [0.2, 0.25) is 0 Å². The molecule has 0 saturated heterocycles. The van der Waals surface area contributed by atoms with E-state index in [1.807, 2.05) is 43.3 Å². The van der Waals surface area contributed by atoms with Crippen molar-refractivity contribution in [1.29, 1.82) is 0 Å². The van der Waals surface area contributed by atoms with Gasteiger partial charge in [-0.1, -0.05) is 29.8 Å². The number of halogens is 1. The zero-order chi connectivity index (χ0) is 14.7. The lowest BCUT2D eigenvalue weighted by atomic mass is 10.1. The summed E-state index contributed by atoms with van der Waals surface area (Å²) in [4.78, 5) is 14.9. The standard InChI is InChI=1S/C16H16ClNOS/c1-11-6-7-14(20)9-15(11)16(19)18(2)10-12-4-3-5-13(17)8-12/h3-9,20H,10H2,1-2H3. The van der Waals surface area contributed by atoms with Crippen molar-refractivity contribution in [1.82, 2.24) is 4.90 Å². The molecule has 104 valence electrons. The van der Waals surface area contributed by atoms with Gasteiger partial charge in [0.1, 0.15) is 0 Å². The van der Waals surface area contributed by atoms with Crippen LogP contribution in [0.4, 0.5) is 0 Å². The van der Waals surface area contributed by atoms with Crippen molar-refractivity contribution in [3.8, 4) is 0 Å². The molecule has 0 unspecified atom stereocenters. The van der Waals surface area contributed by atoms with E-state index >= 15 is 0 Å². The lowest BCUT2D eigenvalue weighted by molar-refractivity contribution is 0.0784. The summed E-state index contributed by atoms with van der Waals surface area (Å²) in [5.74, 6) is -0.0154. The molecular formula is C16H16ClNOS. The van der Waals surface area contributed by atoms with Crippen molar-refractivity contribution in [3.05, 3.63) is 64.2 Å². The predicted molar refractivity (Wildman–Crippen MR) is 85.7 cm³/mol. The van der Waals surface area contributed by atoms with E-state index in [0.29, 0.717) is 17.1 Å². The average Bonchev–Trinajstić information content (AvgIpc) is 2.40. The summed E-state index contributed by atoms with van der Waals surface area (Å²) in [7, 11) is 1.79. The summed E-state index contributed by atoms with van der Waals surface area (Å²) in [6, 6.07) is 13.1. The third-order valence-electron chi connectivity index (χ3n) is 3.11. The van der Waals surface area contributed by atoms with Gasteiger partial charge in [0.25, 0.3) is 5.91 Å². The largest absolute Gasteiger partial charge is 0.337 e. The highest BCUT2D eigenvalue weighted by atomic mass is 35.5. The van der Waals surface area contributed by atoms with E-state index in [1.54, 1.807) is 18.0 Å². The Bertz CT molecular complexity index is 642. The van der Waals surface area contributed by atoms with Gasteiger partial charge in [-0.15, -0.1) is 12.6 Å². The van der Waals surface area contributed by atoms with Gasteiger partial charge < -0.3 is 4.90 Å². The van der Waals surface area contributed by atoms with Crippen LogP contribution in [0, 0.1) is 6.92 Å². The van der Waals surface area contributed by atoms with Crippen LogP contribution in [0.2, 0.25) is 5.02 Å². The second kappa shape index (κ2) is 6.33. The lowest BCUT2D eigenvalue weighted by Crippen LogP contribution is -2.26. The molecule has 0 radical (unpaired) electrons. The Hall–Kier alpha value is -1.45. The maximum absolute atomic E-state index is 12.5. The maximum Gasteiger partial charge on any atom is 0.254 e. The van der Waals surface area contributed by atoms with Crippen LogP contribution in [0.5, 0.6) is 0 Å². The van der Waals surface area contributed by atoms with Crippen LogP contribution >= 0.6 is 24.2 Å². The molecule has 0 heterocycles. The van der Waals surface area contributed by atoms with Crippen molar-refractivity contribution in [2.75, 3.05) is 7.05 Å². The first-order valence-electron chi connectivity index (χ1n) is 6.27. The van der Waals surface area contributed by atoms with Gasteiger partial charge in [0.15, 0.2) is 0 Å². The third kappa shape index (κ3) is 3.56. The topological polar surface area (TPSA) is 20.3 Å². The van der Waals surface area contributed by atoms with E-state index in [9.17, 15) is 4.79 Å². The molecule has 20 heavy (non-hydrogen) atoms. The van der Waals surface area contributed by atoms with Gasteiger partial charge >= 0.3 is 0 Å². The number of rotatable bonds is 3. The van der Waals surface area contributed by atoms with Crippen LogP contribution in [0.25, 0.3) is 0 Å². The molecule has 0 aliphatic carbocycles. The normalized spacial score (nSPS) is 10.4. The van der Waals surface area contributed by atoms with E-state index in [4.69, 9.17) is 11.6 Å². The molecule has 0 aliphatic heterocycles. The fraction of sp³-hybridized carbons (Fsp3) is 0.188. The molecule has 0 spiro atoms. The number of nitrogens with zero attached hydrogens (tertiary/aromatic N) is 1. The molecule has 2 nitrogen and oxygen atoms in total. The summed E-state index contributed by atoms with van der Waals surface area (Å²) >= 11 is 10.2. The number of hydrogen-bond acceptors (Lipinski definition) is 2. The van der Waals surface area contributed by atoms with E-state index < -0.39 is 0 Å². The predicted octanol–water partition coefficient (Wildman–Crippen LogP) is 4.21. The zero-order valence-corrected chi connectivity index (χ0v) is 13.1. The van der Waals surface area contributed by atoms with Gasteiger partial charge in [-0.25, -0.2) is 0 Å². The summed E-state index contributed by atoms with van der Waals surface area (Å²) in [6.45, 7) is 2.45. The molecular weight excluding hydrogens is 290 g/mol. The second-order valence-corrected chi connectivity index (χ2v) is 5.74. The van der Waals surface area contributed by atoms with Crippen LogP contribution in [0.1, 0.15) is 21.5 Å². The highest BCUT2D eigenvalue weighted by molar-refractivity contribution is 7.80. The minimum atomic E-state index is -0.0154. The van der Waals surface area contributed by atoms with Gasteiger partial charge in [-0.2, -0.15) is 0 Å². The summed E-state index contributed by atoms with van der Waals surface area (Å²) in [6.07, 6.45) is 0. The highest BCUT2D eigenvalue weighted by Gasteiger charge is 2.14. The first-order chi connectivity index (χ1) is 9.47. The minimum absolute atomic E-state index is 0.0154. The summed E-state index contributed by atoms with van der Waals surface area (Å²) in [5.41, 5.74) is 2.64. The first-order valence-corrected chi connectivity index (χ1v) is 7.09. The Balaban J connectivity index is 2.18. The average molecular weight is 306 g/mol. The fourth-order valence-corrected chi connectivity index (χ4v) is 2.44. The fourth-order valence-electron chi connectivity index (χ4n) is 2.03. The van der Waals surface area contributed by atoms with E-state index in [-0.39, 0.29) is 5.91 Å². The maximum atomic E-state index is 12.5. The van der Waals surface area contributed by atoms with Crippen molar-refractivity contribution in [2.45, 2.75) is 18.4 Å². The monoisotopic (exact) mass is 305 g/mol. The number of aryl methyl sites for hydroxylation is 1. The molecule has 1 amide bonds. The zero-order valence-electron chi connectivity index (χ0n) is 11.4. The van der Waals surface area contributed by atoms with Gasteiger partial charge in [-0.3, -0.25) is 4.79 Å². The number of thiol groups is 1. The molecule has 0 fully saturated rings. The Morgan fingerprint density at radius 3 is 2.70 bits per heavy atom. The molecule has 0 aliphatic rings. The van der Waals surface area contributed by atoms with Crippen LogP contribution in [-0.4, -0.2) is 17.9 Å². The number of carbonyl (C=O) groups is 1. The minimum Gasteiger partial charge on any atom is -0.337 e.